The molecular weight excluding hydrogens is 170 g/mol. The number of nitrogens with zero attached hydrogens (tertiary/aromatic N) is 1. The molecule has 0 spiro atoms. The van der Waals surface area contributed by atoms with E-state index in [2.05, 4.69) is 20.8 Å². The van der Waals surface area contributed by atoms with E-state index in [1.165, 1.54) is 0 Å². The molecule has 0 radical (unpaired) electrons. The first kappa shape index (κ1) is 12.4. The van der Waals surface area contributed by atoms with E-state index in [1.54, 1.807) is 0 Å². The van der Waals surface area contributed by atoms with Crippen LogP contribution in [0, 0.1) is 5.41 Å². The third kappa shape index (κ3) is 7.74. The maximum atomic E-state index is 10.2. The van der Waals surface area contributed by atoms with Crippen molar-refractivity contribution in [2.24, 2.45) is 5.41 Å². The van der Waals surface area contributed by atoms with E-state index < -0.39 is 5.97 Å². The predicted molar refractivity (Wildman–Crippen MR) is 47.4 cm³/mol. The summed E-state index contributed by atoms with van der Waals surface area (Å²) in [5, 5.41) is 10.2. The third-order valence-corrected chi connectivity index (χ3v) is 1.39. The summed E-state index contributed by atoms with van der Waals surface area (Å²) < 4.78 is 0.234. The molecule has 4 nitrogen and oxygen atoms in total. The molecule has 0 amide bonds. The minimum absolute atomic E-state index is 0.107. The van der Waals surface area contributed by atoms with Crippen LogP contribution in [0.3, 0.4) is 0 Å². The van der Waals surface area contributed by atoms with Crippen molar-refractivity contribution in [3.63, 3.8) is 0 Å². The Bertz CT molecular complexity index is 182. The average Bonchev–Trinajstić information content (AvgIpc) is 1.78. The zero-order valence-corrected chi connectivity index (χ0v) is 9.09. The van der Waals surface area contributed by atoms with Crippen LogP contribution in [0.15, 0.2) is 0 Å². The van der Waals surface area contributed by atoms with Crippen LogP contribution in [0.5, 0.6) is 0 Å². The predicted octanol–water partition coefficient (Wildman–Crippen LogP) is -0.210. The van der Waals surface area contributed by atoms with E-state index in [0.29, 0.717) is 0 Å². The summed E-state index contributed by atoms with van der Waals surface area (Å²) in [6, 6.07) is 0. The van der Waals surface area contributed by atoms with Crippen LogP contribution in [0.4, 0.5) is 0 Å². The molecule has 0 aliphatic rings. The van der Waals surface area contributed by atoms with Crippen LogP contribution in [0.25, 0.3) is 0 Å². The van der Waals surface area contributed by atoms with Gasteiger partial charge in [0.15, 0.2) is 0 Å². The van der Waals surface area contributed by atoms with Gasteiger partial charge in [-0.3, -0.25) is 0 Å². The smallest absolute Gasteiger partial charge is 0.145 e. The molecule has 0 unspecified atom stereocenters. The number of carbonyl (C=O) groups excluding carboxylic acids is 1. The molecule has 0 aromatic rings. The Hall–Kier alpha value is -0.610. The summed E-state index contributed by atoms with van der Waals surface area (Å²) in [6.45, 7) is 6.63. The van der Waals surface area contributed by atoms with Crippen molar-refractivity contribution in [3.8, 4) is 0 Å². The second-order valence-electron chi connectivity index (χ2n) is 4.94. The molecule has 0 aliphatic carbocycles. The SMILES string of the molecule is CC(C)(C)C[N+](C)(C)OCC(=O)[O-]. The highest BCUT2D eigenvalue weighted by Crippen LogP contribution is 2.18. The van der Waals surface area contributed by atoms with Crippen molar-refractivity contribution < 1.29 is 19.4 Å². The summed E-state index contributed by atoms with van der Waals surface area (Å²) in [7, 11) is 3.66. The van der Waals surface area contributed by atoms with Gasteiger partial charge in [-0.2, -0.15) is 9.48 Å². The Balaban J connectivity index is 4.01. The first-order valence-electron chi connectivity index (χ1n) is 4.30. The van der Waals surface area contributed by atoms with Crippen LogP contribution in [-0.2, 0) is 9.63 Å². The third-order valence-electron chi connectivity index (χ3n) is 1.39. The number of rotatable bonds is 4. The molecule has 0 atom stereocenters. The Morgan fingerprint density at radius 2 is 1.85 bits per heavy atom. The Morgan fingerprint density at radius 3 is 2.15 bits per heavy atom. The molecule has 0 saturated heterocycles. The summed E-state index contributed by atoms with van der Waals surface area (Å²) in [5.41, 5.74) is 0.107. The Kier molecular flexibility index (Phi) is 3.88. The molecule has 0 heterocycles. The lowest BCUT2D eigenvalue weighted by atomic mass is 9.96. The molecule has 0 aliphatic heterocycles. The summed E-state index contributed by atoms with van der Waals surface area (Å²) in [6.07, 6.45) is 0. The lowest BCUT2D eigenvalue weighted by Gasteiger charge is -2.32. The normalized spacial score (nSPS) is 13.0. The minimum Gasteiger partial charge on any atom is -0.547 e. The molecule has 0 rings (SSSR count). The van der Waals surface area contributed by atoms with Crippen LogP contribution >= 0.6 is 0 Å². The molecule has 4 heteroatoms. The van der Waals surface area contributed by atoms with E-state index in [4.69, 9.17) is 4.84 Å². The molecule has 13 heavy (non-hydrogen) atoms. The van der Waals surface area contributed by atoms with Crippen molar-refractivity contribution in [2.75, 3.05) is 27.2 Å². The number of carboxylic acid groups (broad SMARTS) is 1. The number of quaternary nitrogens is 1. The zero-order chi connectivity index (χ0) is 10.7. The van der Waals surface area contributed by atoms with Gasteiger partial charge >= 0.3 is 0 Å². The Morgan fingerprint density at radius 1 is 1.38 bits per heavy atom. The Labute approximate surface area is 79.7 Å². The van der Waals surface area contributed by atoms with Gasteiger partial charge in [-0.1, -0.05) is 20.8 Å². The first-order valence-corrected chi connectivity index (χ1v) is 4.30. The first-order chi connectivity index (χ1) is 5.62. The second-order valence-corrected chi connectivity index (χ2v) is 4.94. The second kappa shape index (κ2) is 4.07. The summed E-state index contributed by atoms with van der Waals surface area (Å²) in [5.74, 6) is -1.18. The fraction of sp³-hybridized carbons (Fsp3) is 0.889. The quantitative estimate of drug-likeness (QED) is 0.454. The van der Waals surface area contributed by atoms with E-state index in [9.17, 15) is 9.90 Å². The molecule has 0 aromatic carbocycles. The van der Waals surface area contributed by atoms with Gasteiger partial charge in [-0.15, -0.1) is 0 Å². The molecular formula is C9H19NO3. The number of hydrogen-bond acceptors (Lipinski definition) is 3. The molecule has 0 saturated carbocycles. The van der Waals surface area contributed by atoms with Crippen molar-refractivity contribution in [3.05, 3.63) is 0 Å². The van der Waals surface area contributed by atoms with Gasteiger partial charge in [-0.25, -0.2) is 0 Å². The van der Waals surface area contributed by atoms with Gasteiger partial charge in [-0.05, 0) is 0 Å². The standard InChI is InChI=1S/C9H19NO3/c1-9(2,3)7-10(4,5)13-6-8(11)12/h6-7H2,1-5H3. The zero-order valence-electron chi connectivity index (χ0n) is 9.09. The lowest BCUT2D eigenvalue weighted by molar-refractivity contribution is -1.08. The number of carbonyl (C=O) groups is 1. The fourth-order valence-electron chi connectivity index (χ4n) is 1.42. The maximum Gasteiger partial charge on any atom is 0.145 e. The van der Waals surface area contributed by atoms with Gasteiger partial charge in [0.1, 0.15) is 13.2 Å². The lowest BCUT2D eigenvalue weighted by Crippen LogP contribution is -2.47. The number of hydrogen-bond donors (Lipinski definition) is 0. The highest BCUT2D eigenvalue weighted by Gasteiger charge is 2.26. The summed E-state index contributed by atoms with van der Waals surface area (Å²) >= 11 is 0. The van der Waals surface area contributed by atoms with Crippen molar-refractivity contribution in [2.45, 2.75) is 20.8 Å². The monoisotopic (exact) mass is 189 g/mol. The number of aliphatic carboxylic acids is 1. The molecule has 0 fully saturated rings. The van der Waals surface area contributed by atoms with E-state index in [1.807, 2.05) is 14.1 Å². The minimum atomic E-state index is -1.18. The van der Waals surface area contributed by atoms with E-state index >= 15 is 0 Å². The topological polar surface area (TPSA) is 49.4 Å². The molecule has 0 aromatic heterocycles. The average molecular weight is 189 g/mol. The van der Waals surface area contributed by atoms with Crippen molar-refractivity contribution >= 4 is 5.97 Å². The van der Waals surface area contributed by atoms with Gasteiger partial charge in [0.05, 0.1) is 20.1 Å². The van der Waals surface area contributed by atoms with Crippen molar-refractivity contribution in [1.82, 2.24) is 0 Å². The van der Waals surface area contributed by atoms with E-state index in [0.717, 1.165) is 6.54 Å². The van der Waals surface area contributed by atoms with Gasteiger partial charge in [0.2, 0.25) is 0 Å². The van der Waals surface area contributed by atoms with Gasteiger partial charge < -0.3 is 9.90 Å². The molecule has 0 bridgehead atoms. The van der Waals surface area contributed by atoms with Crippen LogP contribution in [0.2, 0.25) is 0 Å². The van der Waals surface area contributed by atoms with Crippen LogP contribution in [0.1, 0.15) is 20.8 Å². The molecule has 78 valence electrons. The number of carboxylic acids is 1. The van der Waals surface area contributed by atoms with Crippen LogP contribution < -0.4 is 5.11 Å². The van der Waals surface area contributed by atoms with E-state index in [-0.39, 0.29) is 16.7 Å². The summed E-state index contributed by atoms with van der Waals surface area (Å²) in [4.78, 5) is 15.3. The maximum absolute atomic E-state index is 10.2. The molecule has 0 N–H and O–H groups in total. The van der Waals surface area contributed by atoms with Gasteiger partial charge in [0.25, 0.3) is 0 Å². The highest BCUT2D eigenvalue weighted by molar-refractivity contribution is 5.65. The van der Waals surface area contributed by atoms with Crippen LogP contribution in [-0.4, -0.2) is 37.9 Å². The van der Waals surface area contributed by atoms with Gasteiger partial charge in [0, 0.05) is 5.41 Å². The highest BCUT2D eigenvalue weighted by atomic mass is 16.7. The fourth-order valence-corrected chi connectivity index (χ4v) is 1.42. The van der Waals surface area contributed by atoms with Crippen molar-refractivity contribution in [1.29, 1.82) is 0 Å². The largest absolute Gasteiger partial charge is 0.547 e. The number of hydroxylamine groups is 3.